The third-order valence-corrected chi connectivity index (χ3v) is 4.19. The summed E-state index contributed by atoms with van der Waals surface area (Å²) < 4.78 is 2.40. The molecule has 1 fully saturated rings. The molecular weight excluding hydrogens is 234 g/mol. The minimum atomic E-state index is 0.518. The Morgan fingerprint density at radius 3 is 2.79 bits per heavy atom. The van der Waals surface area contributed by atoms with Crippen LogP contribution in [0.3, 0.4) is 0 Å². The lowest BCUT2D eigenvalue weighted by molar-refractivity contribution is 0.355. The van der Waals surface area contributed by atoms with Gasteiger partial charge in [-0.3, -0.25) is 0 Å². The van der Waals surface area contributed by atoms with Gasteiger partial charge in [0.15, 0.2) is 0 Å². The van der Waals surface area contributed by atoms with E-state index in [2.05, 4.69) is 41.8 Å². The van der Waals surface area contributed by atoms with Crippen LogP contribution in [-0.4, -0.2) is 15.6 Å². The molecule has 1 unspecified atom stereocenters. The maximum Gasteiger partial charge on any atom is 0.203 e. The van der Waals surface area contributed by atoms with Gasteiger partial charge in [0.05, 0.1) is 5.69 Å². The Morgan fingerprint density at radius 1 is 1.37 bits per heavy atom. The van der Waals surface area contributed by atoms with Crippen molar-refractivity contribution in [1.82, 2.24) is 9.55 Å². The first-order valence-corrected chi connectivity index (χ1v) is 8.02. The Bertz CT molecular complexity index is 377. The van der Waals surface area contributed by atoms with E-state index in [0.29, 0.717) is 12.1 Å². The van der Waals surface area contributed by atoms with Crippen molar-refractivity contribution in [3.05, 3.63) is 11.9 Å². The SMILES string of the molecule is CCCCC(C)Nc1nc(C)cn1C1CCCCC1. The standard InChI is InChI=1S/C16H29N3/c1-4-5-9-13(2)17-16-18-14(3)12-19(16)15-10-7-6-8-11-15/h12-13,15H,4-11H2,1-3H3,(H,17,18). The summed E-state index contributed by atoms with van der Waals surface area (Å²) in [5.41, 5.74) is 1.13. The van der Waals surface area contributed by atoms with Crippen molar-refractivity contribution in [2.45, 2.75) is 84.2 Å². The maximum atomic E-state index is 4.69. The number of nitrogens with one attached hydrogen (secondary N) is 1. The average molecular weight is 263 g/mol. The van der Waals surface area contributed by atoms with Gasteiger partial charge in [-0.1, -0.05) is 39.0 Å². The fourth-order valence-electron chi connectivity index (χ4n) is 3.06. The fourth-order valence-corrected chi connectivity index (χ4v) is 3.06. The molecule has 0 amide bonds. The number of imidazole rings is 1. The lowest BCUT2D eigenvalue weighted by Crippen LogP contribution is -2.21. The Labute approximate surface area is 117 Å². The lowest BCUT2D eigenvalue weighted by atomic mass is 9.95. The highest BCUT2D eigenvalue weighted by Crippen LogP contribution is 2.31. The Hall–Kier alpha value is -0.990. The first-order valence-electron chi connectivity index (χ1n) is 8.02. The van der Waals surface area contributed by atoms with Crippen molar-refractivity contribution in [3.63, 3.8) is 0 Å². The second-order valence-corrected chi connectivity index (χ2v) is 6.09. The van der Waals surface area contributed by atoms with Gasteiger partial charge in [-0.05, 0) is 33.1 Å². The van der Waals surface area contributed by atoms with E-state index in [-0.39, 0.29) is 0 Å². The molecule has 0 saturated heterocycles. The van der Waals surface area contributed by atoms with Crippen LogP contribution in [0.5, 0.6) is 0 Å². The minimum absolute atomic E-state index is 0.518. The molecule has 1 aliphatic carbocycles. The molecule has 2 rings (SSSR count). The number of nitrogens with zero attached hydrogens (tertiary/aromatic N) is 2. The van der Waals surface area contributed by atoms with Gasteiger partial charge in [0.2, 0.25) is 5.95 Å². The Kier molecular flexibility index (Phi) is 5.29. The van der Waals surface area contributed by atoms with Gasteiger partial charge in [-0.2, -0.15) is 0 Å². The zero-order chi connectivity index (χ0) is 13.7. The van der Waals surface area contributed by atoms with E-state index in [0.717, 1.165) is 11.6 Å². The van der Waals surface area contributed by atoms with Crippen molar-refractivity contribution in [1.29, 1.82) is 0 Å². The number of hydrogen-bond acceptors (Lipinski definition) is 2. The summed E-state index contributed by atoms with van der Waals surface area (Å²) >= 11 is 0. The summed E-state index contributed by atoms with van der Waals surface area (Å²) in [5, 5.41) is 3.62. The first kappa shape index (κ1) is 14.4. The molecule has 0 aromatic carbocycles. The van der Waals surface area contributed by atoms with Gasteiger partial charge in [0.1, 0.15) is 0 Å². The van der Waals surface area contributed by atoms with Crippen LogP contribution >= 0.6 is 0 Å². The van der Waals surface area contributed by atoms with Gasteiger partial charge >= 0.3 is 0 Å². The van der Waals surface area contributed by atoms with Gasteiger partial charge in [-0.25, -0.2) is 4.98 Å². The Morgan fingerprint density at radius 2 is 2.11 bits per heavy atom. The third kappa shape index (κ3) is 3.99. The van der Waals surface area contributed by atoms with Crippen molar-refractivity contribution in [2.24, 2.45) is 0 Å². The van der Waals surface area contributed by atoms with Crippen LogP contribution in [0.15, 0.2) is 6.20 Å². The molecule has 1 aromatic rings. The van der Waals surface area contributed by atoms with Crippen molar-refractivity contribution in [3.8, 4) is 0 Å². The summed E-state index contributed by atoms with van der Waals surface area (Å²) in [7, 11) is 0. The minimum Gasteiger partial charge on any atom is -0.353 e. The van der Waals surface area contributed by atoms with Crippen LogP contribution in [0.2, 0.25) is 0 Å². The smallest absolute Gasteiger partial charge is 0.203 e. The average Bonchev–Trinajstić information content (AvgIpc) is 2.78. The number of aromatic nitrogens is 2. The second-order valence-electron chi connectivity index (χ2n) is 6.09. The molecule has 3 nitrogen and oxygen atoms in total. The highest BCUT2D eigenvalue weighted by atomic mass is 15.2. The second kappa shape index (κ2) is 6.97. The molecular formula is C16H29N3. The molecule has 1 aromatic heterocycles. The van der Waals surface area contributed by atoms with E-state index in [4.69, 9.17) is 0 Å². The van der Waals surface area contributed by atoms with Crippen LogP contribution in [-0.2, 0) is 0 Å². The largest absolute Gasteiger partial charge is 0.353 e. The van der Waals surface area contributed by atoms with Crippen molar-refractivity contribution >= 4 is 5.95 Å². The summed E-state index contributed by atoms with van der Waals surface area (Å²) in [4.78, 5) is 4.69. The predicted octanol–water partition coefficient (Wildman–Crippen LogP) is 4.69. The molecule has 0 radical (unpaired) electrons. The lowest BCUT2D eigenvalue weighted by Gasteiger charge is -2.25. The highest BCUT2D eigenvalue weighted by molar-refractivity contribution is 5.31. The number of hydrogen-bond donors (Lipinski definition) is 1. The van der Waals surface area contributed by atoms with Crippen LogP contribution < -0.4 is 5.32 Å². The van der Waals surface area contributed by atoms with E-state index in [1.165, 1.54) is 51.4 Å². The molecule has 0 bridgehead atoms. The molecule has 19 heavy (non-hydrogen) atoms. The summed E-state index contributed by atoms with van der Waals surface area (Å²) in [6, 6.07) is 1.18. The number of aryl methyl sites for hydroxylation is 1. The fraction of sp³-hybridized carbons (Fsp3) is 0.812. The van der Waals surface area contributed by atoms with Crippen molar-refractivity contribution in [2.75, 3.05) is 5.32 Å². The molecule has 1 atom stereocenters. The molecule has 1 aliphatic rings. The van der Waals surface area contributed by atoms with Gasteiger partial charge in [-0.15, -0.1) is 0 Å². The monoisotopic (exact) mass is 263 g/mol. The molecule has 0 spiro atoms. The molecule has 1 heterocycles. The zero-order valence-corrected chi connectivity index (χ0v) is 12.8. The first-order chi connectivity index (χ1) is 9.20. The third-order valence-electron chi connectivity index (χ3n) is 4.19. The van der Waals surface area contributed by atoms with Crippen LogP contribution in [0.1, 0.15) is 76.9 Å². The van der Waals surface area contributed by atoms with Gasteiger partial charge in [0, 0.05) is 18.3 Å². The molecule has 108 valence electrons. The van der Waals surface area contributed by atoms with Crippen LogP contribution in [0, 0.1) is 6.92 Å². The number of unbranched alkanes of at least 4 members (excludes halogenated alkanes) is 1. The van der Waals surface area contributed by atoms with Gasteiger partial charge in [0.25, 0.3) is 0 Å². The van der Waals surface area contributed by atoms with Gasteiger partial charge < -0.3 is 9.88 Å². The Balaban J connectivity index is 2.02. The highest BCUT2D eigenvalue weighted by Gasteiger charge is 2.19. The maximum absolute atomic E-state index is 4.69. The van der Waals surface area contributed by atoms with E-state index >= 15 is 0 Å². The number of anilines is 1. The number of rotatable bonds is 6. The zero-order valence-electron chi connectivity index (χ0n) is 12.8. The molecule has 0 aliphatic heterocycles. The topological polar surface area (TPSA) is 29.9 Å². The quantitative estimate of drug-likeness (QED) is 0.807. The van der Waals surface area contributed by atoms with Crippen molar-refractivity contribution < 1.29 is 0 Å². The van der Waals surface area contributed by atoms with E-state index in [1.807, 2.05) is 0 Å². The molecule has 1 saturated carbocycles. The van der Waals surface area contributed by atoms with Crippen LogP contribution in [0.4, 0.5) is 5.95 Å². The predicted molar refractivity (Wildman–Crippen MR) is 81.7 cm³/mol. The summed E-state index contributed by atoms with van der Waals surface area (Å²) in [6.07, 6.45) is 12.8. The van der Waals surface area contributed by atoms with E-state index < -0.39 is 0 Å². The summed E-state index contributed by atoms with van der Waals surface area (Å²) in [5.74, 6) is 1.09. The molecule has 3 heteroatoms. The molecule has 1 N–H and O–H groups in total. The van der Waals surface area contributed by atoms with E-state index in [9.17, 15) is 0 Å². The summed E-state index contributed by atoms with van der Waals surface area (Å²) in [6.45, 7) is 6.62. The normalized spacial score (nSPS) is 18.5. The van der Waals surface area contributed by atoms with E-state index in [1.54, 1.807) is 0 Å². The van der Waals surface area contributed by atoms with Crippen LogP contribution in [0.25, 0.3) is 0 Å².